The Morgan fingerprint density at radius 3 is 2.48 bits per heavy atom. The summed E-state index contributed by atoms with van der Waals surface area (Å²) >= 11 is 3.57. The molecule has 0 bridgehead atoms. The van der Waals surface area contributed by atoms with Gasteiger partial charge in [0.25, 0.3) is 5.56 Å². The van der Waals surface area contributed by atoms with Gasteiger partial charge in [-0.3, -0.25) is 9.20 Å². The highest BCUT2D eigenvalue weighted by Crippen LogP contribution is 2.39. The maximum atomic E-state index is 13.0. The minimum Gasteiger partial charge on any atom is -0.328 e. The van der Waals surface area contributed by atoms with Gasteiger partial charge in [0.05, 0.1) is 21.9 Å². The Morgan fingerprint density at radius 2 is 1.71 bits per heavy atom. The molecule has 31 heavy (non-hydrogen) atoms. The molecule has 160 valence electrons. The molecule has 0 spiro atoms. The first-order valence-electron chi connectivity index (χ1n) is 11.5. The van der Waals surface area contributed by atoms with E-state index in [1.807, 2.05) is 18.2 Å². The van der Waals surface area contributed by atoms with Gasteiger partial charge in [0.1, 0.15) is 0 Å². The van der Waals surface area contributed by atoms with Gasteiger partial charge in [0.15, 0.2) is 0 Å². The fourth-order valence-corrected chi connectivity index (χ4v) is 6.40. The number of hydrogen-bond donors (Lipinski definition) is 1. The van der Waals surface area contributed by atoms with Crippen molar-refractivity contribution in [1.29, 1.82) is 0 Å². The smallest absolute Gasteiger partial charge is 0.283 e. The minimum atomic E-state index is -0.161. The van der Waals surface area contributed by atoms with E-state index in [2.05, 4.69) is 48.1 Å². The van der Waals surface area contributed by atoms with Crippen LogP contribution >= 0.6 is 15.9 Å². The van der Waals surface area contributed by atoms with E-state index in [9.17, 15) is 4.79 Å². The molecule has 6 heteroatoms. The second kappa shape index (κ2) is 7.45. The molecule has 6 rings (SSSR count). The summed E-state index contributed by atoms with van der Waals surface area (Å²) in [5.41, 5.74) is 10.6. The Kier molecular flexibility index (Phi) is 4.69. The second-order valence-corrected chi connectivity index (χ2v) is 10.2. The molecule has 0 atom stereocenters. The first kappa shape index (κ1) is 19.5. The van der Waals surface area contributed by atoms with E-state index in [0.29, 0.717) is 23.4 Å². The molecule has 2 aromatic heterocycles. The van der Waals surface area contributed by atoms with E-state index in [1.54, 1.807) is 0 Å². The Hall–Kier alpha value is -2.18. The number of hydrogen-bond acceptors (Lipinski definition) is 3. The van der Waals surface area contributed by atoms with Crippen LogP contribution in [-0.2, 0) is 0 Å². The van der Waals surface area contributed by atoms with Crippen LogP contribution in [0.4, 0.5) is 0 Å². The number of nitrogens with zero attached hydrogens (tertiary/aromatic N) is 3. The molecule has 2 aliphatic rings. The molecule has 0 amide bonds. The van der Waals surface area contributed by atoms with Crippen LogP contribution in [0.3, 0.4) is 0 Å². The molecule has 2 aliphatic carbocycles. The van der Waals surface area contributed by atoms with Gasteiger partial charge >= 0.3 is 0 Å². The molecule has 0 aliphatic heterocycles. The first-order valence-corrected chi connectivity index (χ1v) is 12.3. The number of imidazole rings is 1. The predicted octanol–water partition coefficient (Wildman–Crippen LogP) is 5.66. The van der Waals surface area contributed by atoms with Gasteiger partial charge in [-0.15, -0.1) is 0 Å². The predicted molar refractivity (Wildman–Crippen MR) is 129 cm³/mol. The van der Waals surface area contributed by atoms with Gasteiger partial charge in [-0.25, -0.2) is 0 Å². The highest BCUT2D eigenvalue weighted by Gasteiger charge is 2.26. The summed E-state index contributed by atoms with van der Waals surface area (Å²) in [4.78, 5) is 17.6. The molecule has 5 nitrogen and oxygen atoms in total. The average molecular weight is 479 g/mol. The zero-order chi connectivity index (χ0) is 21.1. The lowest BCUT2D eigenvalue weighted by molar-refractivity contribution is 0.395. The maximum absolute atomic E-state index is 13.0. The fraction of sp³-hybridized carbons (Fsp3) is 0.440. The number of benzene rings is 2. The number of nitrogens with two attached hydrogens (primary N) is 1. The SMILES string of the molecule is NC1CCC(c2ccc3c(c2)n(C2CCCC2)c2nc(=O)c4c(Br)cccc4n32)CC1. The van der Waals surface area contributed by atoms with Crippen LogP contribution in [-0.4, -0.2) is 20.0 Å². The number of rotatable bonds is 2. The molecule has 2 heterocycles. The summed E-state index contributed by atoms with van der Waals surface area (Å²) in [5.74, 6) is 1.35. The van der Waals surface area contributed by atoms with Crippen molar-refractivity contribution in [2.45, 2.75) is 69.4 Å². The summed E-state index contributed by atoms with van der Waals surface area (Å²) in [6.45, 7) is 0. The average Bonchev–Trinajstić information content (AvgIpc) is 3.39. The third kappa shape index (κ3) is 3.06. The van der Waals surface area contributed by atoms with Crippen molar-refractivity contribution in [3.05, 3.63) is 56.8 Å². The summed E-state index contributed by atoms with van der Waals surface area (Å²) < 4.78 is 5.35. The molecule has 2 N–H and O–H groups in total. The van der Waals surface area contributed by atoms with Crippen LogP contribution in [0.5, 0.6) is 0 Å². The Bertz CT molecular complexity index is 1360. The topological polar surface area (TPSA) is 65.3 Å². The number of aromatic nitrogens is 3. The molecule has 0 unspecified atom stereocenters. The largest absolute Gasteiger partial charge is 0.328 e. The van der Waals surface area contributed by atoms with Crippen molar-refractivity contribution in [2.75, 3.05) is 0 Å². The van der Waals surface area contributed by atoms with E-state index in [0.717, 1.165) is 59.8 Å². The van der Waals surface area contributed by atoms with E-state index >= 15 is 0 Å². The van der Waals surface area contributed by atoms with Crippen molar-refractivity contribution < 1.29 is 0 Å². The molecule has 2 saturated carbocycles. The van der Waals surface area contributed by atoms with Gasteiger partial charge < -0.3 is 10.3 Å². The number of fused-ring (bicyclic) bond motifs is 5. The number of halogens is 1. The normalized spacial score (nSPS) is 22.8. The third-order valence-corrected chi connectivity index (χ3v) is 8.16. The lowest BCUT2D eigenvalue weighted by atomic mass is 9.82. The van der Waals surface area contributed by atoms with E-state index < -0.39 is 0 Å². The van der Waals surface area contributed by atoms with Crippen molar-refractivity contribution in [1.82, 2.24) is 14.0 Å². The van der Waals surface area contributed by atoms with Crippen molar-refractivity contribution >= 4 is 43.6 Å². The van der Waals surface area contributed by atoms with Crippen LogP contribution in [0.15, 0.2) is 45.7 Å². The van der Waals surface area contributed by atoms with E-state index in [1.165, 1.54) is 23.9 Å². The van der Waals surface area contributed by atoms with Crippen LogP contribution < -0.4 is 11.3 Å². The Balaban J connectivity index is 1.66. The maximum Gasteiger partial charge on any atom is 0.283 e. The highest BCUT2D eigenvalue weighted by atomic mass is 79.9. The Morgan fingerprint density at radius 1 is 0.935 bits per heavy atom. The van der Waals surface area contributed by atoms with Crippen LogP contribution in [0.25, 0.3) is 27.7 Å². The molecule has 2 fully saturated rings. The third-order valence-electron chi connectivity index (χ3n) is 7.50. The molecular weight excluding hydrogens is 452 g/mol. The van der Waals surface area contributed by atoms with Crippen molar-refractivity contribution in [2.24, 2.45) is 5.73 Å². The standard InChI is InChI=1S/C25H27BrN4O/c26-19-6-3-7-21-23(19)24(31)28-25-29(18-4-1-2-5-18)22-14-16(10-13-20(22)30(21)25)15-8-11-17(27)12-9-15/h3,6-7,10,13-15,17-18H,1-2,4-5,8-9,11-12,27H2. The van der Waals surface area contributed by atoms with Crippen molar-refractivity contribution in [3.8, 4) is 0 Å². The quantitative estimate of drug-likeness (QED) is 0.403. The van der Waals surface area contributed by atoms with Gasteiger partial charge in [-0.2, -0.15) is 4.98 Å². The fourth-order valence-electron chi connectivity index (χ4n) is 5.87. The zero-order valence-electron chi connectivity index (χ0n) is 17.6. The van der Waals surface area contributed by atoms with Crippen LogP contribution in [0.2, 0.25) is 0 Å². The lowest BCUT2D eigenvalue weighted by Crippen LogP contribution is -2.25. The minimum absolute atomic E-state index is 0.161. The zero-order valence-corrected chi connectivity index (χ0v) is 19.1. The van der Waals surface area contributed by atoms with Gasteiger partial charge in [0, 0.05) is 16.6 Å². The van der Waals surface area contributed by atoms with E-state index in [4.69, 9.17) is 5.73 Å². The summed E-state index contributed by atoms with van der Waals surface area (Å²) in [6.07, 6.45) is 9.28. The molecular formula is C25H27BrN4O. The first-order chi connectivity index (χ1) is 15.1. The molecule has 2 aromatic carbocycles. The highest BCUT2D eigenvalue weighted by molar-refractivity contribution is 9.10. The summed E-state index contributed by atoms with van der Waals surface area (Å²) in [7, 11) is 0. The van der Waals surface area contributed by atoms with Crippen LogP contribution in [0.1, 0.15) is 68.9 Å². The van der Waals surface area contributed by atoms with E-state index in [-0.39, 0.29) is 5.56 Å². The summed E-state index contributed by atoms with van der Waals surface area (Å²) in [6, 6.07) is 13.6. The second-order valence-electron chi connectivity index (χ2n) is 9.35. The molecule has 4 aromatic rings. The van der Waals surface area contributed by atoms with Gasteiger partial charge in [-0.1, -0.05) is 25.0 Å². The Labute approximate surface area is 189 Å². The summed E-state index contributed by atoms with van der Waals surface area (Å²) in [5, 5.41) is 0.649. The lowest BCUT2D eigenvalue weighted by Gasteiger charge is -2.26. The monoisotopic (exact) mass is 478 g/mol. The van der Waals surface area contributed by atoms with Crippen molar-refractivity contribution in [3.63, 3.8) is 0 Å². The molecule has 0 radical (unpaired) electrons. The van der Waals surface area contributed by atoms with Gasteiger partial charge in [-0.05, 0) is 90.2 Å². The molecule has 0 saturated heterocycles. The van der Waals surface area contributed by atoms with Gasteiger partial charge in [0.2, 0.25) is 5.78 Å². The van der Waals surface area contributed by atoms with Crippen LogP contribution in [0, 0.1) is 0 Å².